The Hall–Kier alpha value is -3.80. The molecule has 2 aliphatic heterocycles. The Morgan fingerprint density at radius 2 is 1.97 bits per heavy atom. The van der Waals surface area contributed by atoms with Crippen LogP contribution in [0, 0.1) is 5.82 Å². The van der Waals surface area contributed by atoms with E-state index in [2.05, 4.69) is 17.4 Å². The number of carboxylic acids is 1. The second kappa shape index (κ2) is 12.4. The van der Waals surface area contributed by atoms with Crippen molar-refractivity contribution in [3.63, 3.8) is 0 Å². The average Bonchev–Trinajstić information content (AvgIpc) is 3.46. The van der Waals surface area contributed by atoms with Gasteiger partial charge in [0.15, 0.2) is 5.58 Å². The van der Waals surface area contributed by atoms with E-state index in [0.29, 0.717) is 43.3 Å². The second-order valence-corrected chi connectivity index (χ2v) is 8.72. The van der Waals surface area contributed by atoms with Crippen LogP contribution in [0.15, 0.2) is 53.1 Å². The summed E-state index contributed by atoms with van der Waals surface area (Å²) in [5.41, 5.74) is 3.77. The quantitative estimate of drug-likeness (QED) is 0.433. The molecular weight excluding hydrogens is 485 g/mol. The molecule has 1 saturated heterocycles. The van der Waals surface area contributed by atoms with Gasteiger partial charge in [0.25, 0.3) is 0 Å². The fourth-order valence-electron chi connectivity index (χ4n) is 4.54. The van der Waals surface area contributed by atoms with E-state index in [-0.39, 0.29) is 17.2 Å². The van der Waals surface area contributed by atoms with Crippen molar-refractivity contribution in [2.45, 2.75) is 44.7 Å². The van der Waals surface area contributed by atoms with E-state index in [1.54, 1.807) is 12.1 Å². The van der Waals surface area contributed by atoms with Gasteiger partial charge in [-0.05, 0) is 54.7 Å². The molecule has 1 atom stereocenters. The first-order chi connectivity index (χ1) is 17.3. The van der Waals surface area contributed by atoms with Gasteiger partial charge in [0.1, 0.15) is 11.6 Å². The fourth-order valence-corrected chi connectivity index (χ4v) is 4.54. The van der Waals surface area contributed by atoms with E-state index < -0.39 is 11.9 Å². The van der Waals surface area contributed by atoms with Crippen molar-refractivity contribution in [1.82, 2.24) is 15.5 Å². The first kappa shape index (κ1) is 27.8. The molecule has 5 rings (SSSR count). The van der Waals surface area contributed by atoms with Crippen molar-refractivity contribution in [3.05, 3.63) is 71.2 Å². The molecule has 10 nitrogen and oxygen atoms in total. The summed E-state index contributed by atoms with van der Waals surface area (Å²) in [6.07, 6.45) is 4.09. The predicted octanol–water partition coefficient (Wildman–Crippen LogP) is 3.37. The van der Waals surface area contributed by atoms with Crippen molar-refractivity contribution in [3.8, 4) is 5.75 Å². The van der Waals surface area contributed by atoms with Crippen molar-refractivity contribution >= 4 is 22.9 Å². The van der Waals surface area contributed by atoms with Gasteiger partial charge >= 0.3 is 11.9 Å². The molecule has 3 heterocycles. The summed E-state index contributed by atoms with van der Waals surface area (Å²) in [5, 5.41) is 27.4. The van der Waals surface area contributed by atoms with E-state index in [0.717, 1.165) is 36.2 Å². The minimum atomic E-state index is -1.21. The number of fused-ring (bicyclic) bond motifs is 2. The number of piperidine rings is 1. The van der Waals surface area contributed by atoms with E-state index in [1.807, 2.05) is 12.1 Å². The molecule has 2 aromatic carbocycles. The number of nitrogens with one attached hydrogen (secondary N) is 1. The number of carbonyl (C=O) groups excluding carboxylic acids is 1. The van der Waals surface area contributed by atoms with Gasteiger partial charge in [0.05, 0.1) is 5.69 Å². The smallest absolute Gasteiger partial charge is 0.349 e. The van der Waals surface area contributed by atoms with Crippen LogP contribution in [0.5, 0.6) is 5.75 Å². The number of rotatable bonds is 5. The summed E-state index contributed by atoms with van der Waals surface area (Å²) in [6.45, 7) is 4.04. The molecule has 1 unspecified atom stereocenters. The Kier molecular flexibility index (Phi) is 9.34. The molecule has 198 valence electrons. The maximum Gasteiger partial charge on any atom is 0.349 e. The Bertz CT molecular complexity index is 1270. The second-order valence-electron chi connectivity index (χ2n) is 8.72. The van der Waals surface area contributed by atoms with Gasteiger partial charge in [0.2, 0.25) is 0 Å². The summed E-state index contributed by atoms with van der Waals surface area (Å²) < 4.78 is 18.4. The molecule has 0 bridgehead atoms. The topological polar surface area (TPSA) is 157 Å². The molecule has 1 fully saturated rings. The standard InChI is InChI=1S/C16H15FN2O5.C10H13NO.H2O/c17-11-1-2-12-13(9-11)23-18-16(12)10-5-7-19(8-6-10)24-15(22)4-3-14(20)21;1-2-10-9-4-3-8(12)5-7(9)6-11-10;/h1-4,9-10H,5-8H2,(H,20,21);3-5,10-12H,2,6H2,1H3;1H2/b4-3+;;. The van der Waals surface area contributed by atoms with Crippen LogP contribution in [-0.4, -0.2) is 50.9 Å². The molecule has 0 aliphatic carbocycles. The Labute approximate surface area is 212 Å². The largest absolute Gasteiger partial charge is 0.508 e. The van der Waals surface area contributed by atoms with E-state index in [9.17, 15) is 19.1 Å². The normalized spacial score (nSPS) is 17.6. The monoisotopic (exact) mass is 515 g/mol. The molecule has 1 aromatic heterocycles. The zero-order chi connectivity index (χ0) is 25.7. The third kappa shape index (κ3) is 6.91. The molecule has 3 aromatic rings. The first-order valence-electron chi connectivity index (χ1n) is 11.8. The lowest BCUT2D eigenvalue weighted by Gasteiger charge is -2.29. The Morgan fingerprint density at radius 3 is 2.68 bits per heavy atom. The zero-order valence-corrected chi connectivity index (χ0v) is 20.3. The van der Waals surface area contributed by atoms with Gasteiger partial charge in [-0.3, -0.25) is 0 Å². The number of hydroxylamine groups is 2. The summed E-state index contributed by atoms with van der Waals surface area (Å²) in [4.78, 5) is 26.9. The Morgan fingerprint density at radius 1 is 1.22 bits per heavy atom. The number of aromatic nitrogens is 1. The van der Waals surface area contributed by atoms with Gasteiger partial charge in [-0.15, -0.1) is 5.06 Å². The third-order valence-electron chi connectivity index (χ3n) is 6.33. The first-order valence-corrected chi connectivity index (χ1v) is 11.8. The molecule has 5 N–H and O–H groups in total. The molecule has 37 heavy (non-hydrogen) atoms. The van der Waals surface area contributed by atoms with E-state index >= 15 is 0 Å². The minimum absolute atomic E-state index is 0. The van der Waals surface area contributed by atoms with Crippen molar-refractivity contribution in [1.29, 1.82) is 0 Å². The maximum absolute atomic E-state index is 13.2. The minimum Gasteiger partial charge on any atom is -0.508 e. The number of halogens is 1. The predicted molar refractivity (Wildman–Crippen MR) is 132 cm³/mol. The maximum atomic E-state index is 13.2. The molecular formula is C26H30FN3O7. The number of aromatic hydroxyl groups is 1. The fraction of sp³-hybridized carbons (Fsp3) is 0.346. The van der Waals surface area contributed by atoms with Gasteiger partial charge in [-0.25, -0.2) is 14.0 Å². The van der Waals surface area contributed by atoms with Gasteiger partial charge < -0.3 is 30.4 Å². The summed E-state index contributed by atoms with van der Waals surface area (Å²) in [7, 11) is 0. The van der Waals surface area contributed by atoms with E-state index in [1.165, 1.54) is 28.3 Å². The molecule has 2 aliphatic rings. The van der Waals surface area contributed by atoms with Gasteiger partial charge in [-0.2, -0.15) is 0 Å². The van der Waals surface area contributed by atoms with Crippen LogP contribution >= 0.6 is 0 Å². The highest BCUT2D eigenvalue weighted by Crippen LogP contribution is 2.33. The van der Waals surface area contributed by atoms with Crippen LogP contribution in [-0.2, 0) is 21.0 Å². The number of nitrogens with zero attached hydrogens (tertiary/aromatic N) is 2. The number of hydrogen-bond acceptors (Lipinski definition) is 8. The van der Waals surface area contributed by atoms with Gasteiger partial charge in [0, 0.05) is 55.2 Å². The zero-order valence-electron chi connectivity index (χ0n) is 20.3. The van der Waals surface area contributed by atoms with Crippen molar-refractivity contribution in [2.75, 3.05) is 13.1 Å². The molecule has 0 amide bonds. The molecule has 0 radical (unpaired) electrons. The number of benzene rings is 2. The highest BCUT2D eigenvalue weighted by atomic mass is 19.1. The Balaban J connectivity index is 0.000000246. The lowest BCUT2D eigenvalue weighted by Crippen LogP contribution is -2.34. The number of phenolic OH excluding ortho intramolecular Hbond substituents is 1. The van der Waals surface area contributed by atoms with Crippen molar-refractivity contribution in [2.24, 2.45) is 0 Å². The summed E-state index contributed by atoms with van der Waals surface area (Å²) >= 11 is 0. The highest BCUT2D eigenvalue weighted by molar-refractivity contribution is 5.90. The highest BCUT2D eigenvalue weighted by Gasteiger charge is 2.26. The van der Waals surface area contributed by atoms with E-state index in [4.69, 9.17) is 14.5 Å². The number of carbonyl (C=O) groups is 2. The van der Waals surface area contributed by atoms with Crippen LogP contribution in [0.25, 0.3) is 11.0 Å². The van der Waals surface area contributed by atoms with Crippen LogP contribution in [0.3, 0.4) is 0 Å². The van der Waals surface area contributed by atoms with Crippen LogP contribution in [0.4, 0.5) is 4.39 Å². The molecule has 11 heteroatoms. The van der Waals surface area contributed by atoms with Crippen LogP contribution < -0.4 is 5.32 Å². The van der Waals surface area contributed by atoms with Crippen molar-refractivity contribution < 1.29 is 39.0 Å². The third-order valence-corrected chi connectivity index (χ3v) is 6.33. The van der Waals surface area contributed by atoms with Crippen LogP contribution in [0.1, 0.15) is 55.0 Å². The molecule has 0 saturated carbocycles. The molecule has 0 spiro atoms. The average molecular weight is 516 g/mol. The summed E-state index contributed by atoms with van der Waals surface area (Å²) in [6, 6.07) is 10.4. The van der Waals surface area contributed by atoms with Crippen LogP contribution in [0.2, 0.25) is 0 Å². The lowest BCUT2D eigenvalue weighted by molar-refractivity contribution is -0.189. The number of phenols is 1. The number of aliphatic carboxylic acids is 1. The SMILES string of the molecule is CCC1NCc2cc(O)ccc21.O.O=C(O)/C=C/C(=O)ON1CCC(c2noc3cc(F)ccc23)CC1. The lowest BCUT2D eigenvalue weighted by atomic mass is 9.92. The van der Waals surface area contributed by atoms with Gasteiger partial charge in [-0.1, -0.05) is 18.1 Å². The number of hydrogen-bond donors (Lipinski definition) is 3. The number of carboxylic acid groups (broad SMARTS) is 1. The summed E-state index contributed by atoms with van der Waals surface area (Å²) in [5.74, 6) is -1.81.